The Hall–Kier alpha value is -1.08. The molecule has 0 aliphatic heterocycles. The fourth-order valence-corrected chi connectivity index (χ4v) is 2.34. The number of rotatable bonds is 6. The third-order valence-corrected chi connectivity index (χ3v) is 3.99. The minimum atomic E-state index is -0.293. The van der Waals surface area contributed by atoms with Gasteiger partial charge in [-0.1, -0.05) is 37.2 Å². The van der Waals surface area contributed by atoms with Gasteiger partial charge in [0.2, 0.25) is 5.89 Å². The molecule has 2 aromatic rings. The van der Waals surface area contributed by atoms with Crippen molar-refractivity contribution < 1.29 is 9.21 Å². The highest BCUT2D eigenvalue weighted by Gasteiger charge is 2.18. The Morgan fingerprint density at radius 3 is 2.55 bits per heavy atom. The van der Waals surface area contributed by atoms with Crippen LogP contribution in [-0.2, 0) is 0 Å². The highest BCUT2D eigenvalue weighted by Crippen LogP contribution is 2.23. The zero-order chi connectivity index (χ0) is 15.4. The first kappa shape index (κ1) is 19.0. The van der Waals surface area contributed by atoms with Gasteiger partial charge in [0.05, 0.1) is 11.8 Å². The molecule has 0 amide bonds. The van der Waals surface area contributed by atoms with Gasteiger partial charge in [-0.3, -0.25) is 4.79 Å². The molecule has 0 unspecified atom stereocenters. The van der Waals surface area contributed by atoms with E-state index in [-0.39, 0.29) is 35.9 Å². The molecule has 1 aromatic heterocycles. The second-order valence-corrected chi connectivity index (χ2v) is 6.26. The monoisotopic (exact) mass is 361 g/mol. The first-order chi connectivity index (χ1) is 9.97. The topological polar surface area (TPSA) is 82.0 Å². The van der Waals surface area contributed by atoms with Crippen LogP contribution >= 0.6 is 35.8 Å². The van der Waals surface area contributed by atoms with Gasteiger partial charge in [-0.05, 0) is 30.2 Å². The lowest BCUT2D eigenvalue weighted by Gasteiger charge is -2.09. The Labute approximate surface area is 144 Å². The van der Waals surface area contributed by atoms with E-state index in [1.807, 2.05) is 13.8 Å². The van der Waals surface area contributed by atoms with Crippen LogP contribution < -0.4 is 5.73 Å². The van der Waals surface area contributed by atoms with E-state index in [1.54, 1.807) is 24.3 Å². The molecule has 0 aliphatic carbocycles. The maximum absolute atomic E-state index is 12.0. The van der Waals surface area contributed by atoms with Crippen LogP contribution in [0.3, 0.4) is 0 Å². The summed E-state index contributed by atoms with van der Waals surface area (Å²) in [5.41, 5.74) is 6.53. The van der Waals surface area contributed by atoms with Gasteiger partial charge in [0, 0.05) is 10.6 Å². The van der Waals surface area contributed by atoms with E-state index in [9.17, 15) is 4.79 Å². The standard InChI is InChI=1S/C14H16ClN3O2S.ClH/c1-8(2)12(16)13-17-18-14(20-13)21-7-11(19)9-3-5-10(15)6-4-9;/h3-6,8,12H,7,16H2,1-2H3;1H/t12-;/m1./s1. The minimum absolute atomic E-state index is 0. The fourth-order valence-electron chi connectivity index (χ4n) is 1.54. The van der Waals surface area contributed by atoms with Crippen LogP contribution in [0.25, 0.3) is 0 Å². The molecule has 5 nitrogen and oxygen atoms in total. The summed E-state index contributed by atoms with van der Waals surface area (Å²) in [6, 6.07) is 6.47. The number of carbonyl (C=O) groups excluding carboxylic acids is 1. The van der Waals surface area contributed by atoms with Gasteiger partial charge in [0.25, 0.3) is 5.22 Å². The van der Waals surface area contributed by atoms with Crippen molar-refractivity contribution >= 4 is 41.6 Å². The number of carbonyl (C=O) groups is 1. The second kappa shape index (κ2) is 8.53. The highest BCUT2D eigenvalue weighted by molar-refractivity contribution is 7.99. The summed E-state index contributed by atoms with van der Waals surface area (Å²) in [7, 11) is 0. The Balaban J connectivity index is 0.00000242. The highest BCUT2D eigenvalue weighted by atomic mass is 35.5. The van der Waals surface area contributed by atoms with Crippen LogP contribution in [-0.4, -0.2) is 21.7 Å². The summed E-state index contributed by atoms with van der Waals surface area (Å²) in [4.78, 5) is 12.0. The van der Waals surface area contributed by atoms with E-state index < -0.39 is 0 Å². The molecule has 0 aliphatic rings. The molecule has 0 saturated heterocycles. The number of hydrogen-bond donors (Lipinski definition) is 1. The van der Waals surface area contributed by atoms with Crippen LogP contribution in [0.15, 0.2) is 33.9 Å². The van der Waals surface area contributed by atoms with Crippen LogP contribution in [0, 0.1) is 5.92 Å². The number of aromatic nitrogens is 2. The maximum Gasteiger partial charge on any atom is 0.277 e. The summed E-state index contributed by atoms with van der Waals surface area (Å²) in [5.74, 6) is 0.801. The van der Waals surface area contributed by atoms with Gasteiger partial charge < -0.3 is 10.2 Å². The van der Waals surface area contributed by atoms with Crippen molar-refractivity contribution in [2.45, 2.75) is 25.1 Å². The SMILES string of the molecule is CC(C)[C@@H](N)c1nnc(SCC(=O)c2ccc(Cl)cc2)o1.Cl. The lowest BCUT2D eigenvalue weighted by Crippen LogP contribution is -2.16. The third kappa shape index (κ3) is 4.98. The molecule has 1 atom stereocenters. The average molecular weight is 362 g/mol. The quantitative estimate of drug-likeness (QED) is 0.622. The van der Waals surface area contributed by atoms with Gasteiger partial charge in [-0.2, -0.15) is 0 Å². The second-order valence-electron chi connectivity index (χ2n) is 4.89. The van der Waals surface area contributed by atoms with E-state index >= 15 is 0 Å². The molecular formula is C14H17Cl2N3O2S. The molecule has 0 bridgehead atoms. The van der Waals surface area contributed by atoms with Crippen LogP contribution in [0.5, 0.6) is 0 Å². The van der Waals surface area contributed by atoms with Crippen molar-refractivity contribution in [3.05, 3.63) is 40.7 Å². The Morgan fingerprint density at radius 1 is 1.32 bits per heavy atom. The molecule has 8 heteroatoms. The molecule has 1 heterocycles. The predicted molar refractivity (Wildman–Crippen MR) is 89.8 cm³/mol. The van der Waals surface area contributed by atoms with Crippen molar-refractivity contribution in [3.8, 4) is 0 Å². The third-order valence-electron chi connectivity index (χ3n) is 2.92. The zero-order valence-electron chi connectivity index (χ0n) is 12.2. The van der Waals surface area contributed by atoms with Crippen LogP contribution in [0.1, 0.15) is 36.1 Å². The zero-order valence-corrected chi connectivity index (χ0v) is 14.5. The van der Waals surface area contributed by atoms with E-state index in [2.05, 4.69) is 10.2 Å². The number of halogens is 2. The Morgan fingerprint density at radius 2 is 1.95 bits per heavy atom. The van der Waals surface area contributed by atoms with Crippen molar-refractivity contribution in [1.29, 1.82) is 0 Å². The summed E-state index contributed by atoms with van der Waals surface area (Å²) >= 11 is 6.98. The molecule has 0 saturated carbocycles. The Bertz CT molecular complexity index is 617. The van der Waals surface area contributed by atoms with E-state index in [1.165, 1.54) is 11.8 Å². The summed E-state index contributed by atoms with van der Waals surface area (Å²) in [5, 5.41) is 8.75. The first-order valence-electron chi connectivity index (χ1n) is 6.48. The number of hydrogen-bond acceptors (Lipinski definition) is 6. The van der Waals surface area contributed by atoms with Crippen molar-refractivity contribution in [1.82, 2.24) is 10.2 Å². The van der Waals surface area contributed by atoms with E-state index in [4.69, 9.17) is 21.8 Å². The number of nitrogens with zero attached hydrogens (tertiary/aromatic N) is 2. The smallest absolute Gasteiger partial charge is 0.277 e. The van der Waals surface area contributed by atoms with Gasteiger partial charge in [0.1, 0.15) is 0 Å². The summed E-state index contributed by atoms with van der Waals surface area (Å²) < 4.78 is 5.45. The molecule has 0 radical (unpaired) electrons. The predicted octanol–water partition coefficient (Wildman–Crippen LogP) is 3.78. The number of benzene rings is 1. The number of thioether (sulfide) groups is 1. The number of nitrogens with two attached hydrogens (primary N) is 1. The van der Waals surface area contributed by atoms with Gasteiger partial charge in [0.15, 0.2) is 5.78 Å². The molecule has 1 aromatic carbocycles. The molecule has 120 valence electrons. The van der Waals surface area contributed by atoms with E-state index in [0.29, 0.717) is 21.7 Å². The normalized spacial score (nSPS) is 12.0. The van der Waals surface area contributed by atoms with E-state index in [0.717, 1.165) is 0 Å². The van der Waals surface area contributed by atoms with Gasteiger partial charge >= 0.3 is 0 Å². The fraction of sp³-hybridized carbons (Fsp3) is 0.357. The first-order valence-corrected chi connectivity index (χ1v) is 7.84. The lowest BCUT2D eigenvalue weighted by molar-refractivity contribution is 0.102. The minimum Gasteiger partial charge on any atom is -0.414 e. The van der Waals surface area contributed by atoms with Crippen molar-refractivity contribution in [2.24, 2.45) is 11.7 Å². The molecule has 2 rings (SSSR count). The van der Waals surface area contributed by atoms with Crippen molar-refractivity contribution in [3.63, 3.8) is 0 Å². The van der Waals surface area contributed by atoms with Crippen molar-refractivity contribution in [2.75, 3.05) is 5.75 Å². The summed E-state index contributed by atoms with van der Waals surface area (Å²) in [6.45, 7) is 3.96. The number of ketones is 1. The molecular weight excluding hydrogens is 345 g/mol. The van der Waals surface area contributed by atoms with Crippen LogP contribution in [0.2, 0.25) is 5.02 Å². The Kier molecular flexibility index (Phi) is 7.35. The summed E-state index contributed by atoms with van der Waals surface area (Å²) in [6.07, 6.45) is 0. The molecule has 2 N–H and O–H groups in total. The molecule has 0 fully saturated rings. The largest absolute Gasteiger partial charge is 0.414 e. The van der Waals surface area contributed by atoms with Gasteiger partial charge in [-0.25, -0.2) is 0 Å². The average Bonchev–Trinajstić information content (AvgIpc) is 2.93. The van der Waals surface area contributed by atoms with Crippen LogP contribution in [0.4, 0.5) is 0 Å². The lowest BCUT2D eigenvalue weighted by atomic mass is 10.1. The molecule has 0 spiro atoms. The van der Waals surface area contributed by atoms with Gasteiger partial charge in [-0.15, -0.1) is 22.6 Å². The molecule has 22 heavy (non-hydrogen) atoms. The number of Topliss-reactive ketones (excluding diaryl/α,β-unsaturated/α-hetero) is 1. The maximum atomic E-state index is 12.0.